The number of likely N-dealkylation sites (tertiary alicyclic amines) is 1. The normalized spacial score (nSPS) is 32.3. The number of amides is 2. The first-order valence-electron chi connectivity index (χ1n) is 7.06. The predicted molar refractivity (Wildman–Crippen MR) is 64.5 cm³/mol. The van der Waals surface area contributed by atoms with Gasteiger partial charge in [-0.05, 0) is 25.7 Å². The third-order valence-corrected chi connectivity index (χ3v) is 4.81. The molecule has 3 aliphatic rings. The Morgan fingerprint density at radius 1 is 0.944 bits per heavy atom. The molecule has 3 fully saturated rings. The van der Waals surface area contributed by atoms with Crippen LogP contribution < -0.4 is 0 Å². The minimum atomic E-state index is -0.117. The maximum absolute atomic E-state index is 12.1. The van der Waals surface area contributed by atoms with Crippen LogP contribution in [0.1, 0.15) is 44.9 Å². The second-order valence-electron chi connectivity index (χ2n) is 5.85. The van der Waals surface area contributed by atoms with Crippen LogP contribution in [0.25, 0.3) is 0 Å². The molecule has 98 valence electrons. The molecule has 4 heteroatoms. The van der Waals surface area contributed by atoms with Gasteiger partial charge in [0.15, 0.2) is 5.78 Å². The van der Waals surface area contributed by atoms with Crippen LogP contribution >= 0.6 is 0 Å². The van der Waals surface area contributed by atoms with E-state index in [0.29, 0.717) is 0 Å². The second kappa shape index (κ2) is 4.48. The molecular formula is C14H19NO3. The Bertz CT molecular complexity index is 376. The van der Waals surface area contributed by atoms with Crippen LogP contribution in [-0.2, 0) is 14.4 Å². The van der Waals surface area contributed by atoms with E-state index < -0.39 is 0 Å². The van der Waals surface area contributed by atoms with Crippen molar-refractivity contribution < 1.29 is 14.4 Å². The van der Waals surface area contributed by atoms with Gasteiger partial charge in [0.05, 0.1) is 18.4 Å². The lowest BCUT2D eigenvalue weighted by atomic mass is 10.00. The zero-order valence-corrected chi connectivity index (χ0v) is 10.6. The zero-order valence-electron chi connectivity index (χ0n) is 10.6. The van der Waals surface area contributed by atoms with Crippen LogP contribution in [0.2, 0.25) is 0 Å². The van der Waals surface area contributed by atoms with Gasteiger partial charge >= 0.3 is 0 Å². The fourth-order valence-corrected chi connectivity index (χ4v) is 3.75. The largest absolute Gasteiger partial charge is 0.297 e. The summed E-state index contributed by atoms with van der Waals surface area (Å²) < 4.78 is 0. The summed E-state index contributed by atoms with van der Waals surface area (Å²) in [6.45, 7) is 0.0370. The number of carbonyl (C=O) groups excluding carboxylic acids is 3. The Morgan fingerprint density at radius 3 is 2.06 bits per heavy atom. The number of rotatable bonds is 3. The fraction of sp³-hybridized carbons (Fsp3) is 0.786. The van der Waals surface area contributed by atoms with Crippen molar-refractivity contribution in [1.82, 2.24) is 4.90 Å². The van der Waals surface area contributed by atoms with Crippen molar-refractivity contribution in [3.63, 3.8) is 0 Å². The van der Waals surface area contributed by atoms with Crippen molar-refractivity contribution in [3.05, 3.63) is 0 Å². The molecule has 0 bridgehead atoms. The molecule has 0 aromatic heterocycles. The van der Waals surface area contributed by atoms with E-state index in [4.69, 9.17) is 0 Å². The Balaban J connectivity index is 1.67. The van der Waals surface area contributed by atoms with Crippen molar-refractivity contribution in [3.8, 4) is 0 Å². The SMILES string of the molecule is O=C(CN1C(=O)C2CCCC2C1=O)C1CCCC1. The van der Waals surface area contributed by atoms with E-state index in [-0.39, 0.29) is 41.9 Å². The highest BCUT2D eigenvalue weighted by atomic mass is 16.2. The monoisotopic (exact) mass is 249 g/mol. The van der Waals surface area contributed by atoms with Crippen molar-refractivity contribution in [2.24, 2.45) is 17.8 Å². The molecule has 0 aromatic rings. The van der Waals surface area contributed by atoms with Crippen LogP contribution in [0.4, 0.5) is 0 Å². The molecule has 1 heterocycles. The predicted octanol–water partition coefficient (Wildman–Crippen LogP) is 1.53. The minimum Gasteiger partial charge on any atom is -0.297 e. The number of ketones is 1. The highest BCUT2D eigenvalue weighted by molar-refractivity contribution is 6.07. The summed E-state index contributed by atoms with van der Waals surface area (Å²) >= 11 is 0. The van der Waals surface area contributed by atoms with Crippen LogP contribution in [0.15, 0.2) is 0 Å². The van der Waals surface area contributed by atoms with Gasteiger partial charge in [0.1, 0.15) is 0 Å². The number of hydrogen-bond acceptors (Lipinski definition) is 3. The Kier molecular flexibility index (Phi) is 2.96. The van der Waals surface area contributed by atoms with Gasteiger partial charge in [0, 0.05) is 5.92 Å². The van der Waals surface area contributed by atoms with Gasteiger partial charge < -0.3 is 0 Å². The summed E-state index contributed by atoms with van der Waals surface area (Å²) in [6, 6.07) is 0. The van der Waals surface area contributed by atoms with Gasteiger partial charge in [-0.1, -0.05) is 19.3 Å². The maximum atomic E-state index is 12.1. The molecule has 2 saturated carbocycles. The van der Waals surface area contributed by atoms with Crippen LogP contribution in [-0.4, -0.2) is 29.0 Å². The van der Waals surface area contributed by atoms with Gasteiger partial charge in [-0.2, -0.15) is 0 Å². The number of carbonyl (C=O) groups is 3. The van der Waals surface area contributed by atoms with Crippen molar-refractivity contribution >= 4 is 17.6 Å². The molecule has 2 aliphatic carbocycles. The smallest absolute Gasteiger partial charge is 0.233 e. The van der Waals surface area contributed by atoms with Gasteiger partial charge in [-0.3, -0.25) is 19.3 Å². The van der Waals surface area contributed by atoms with Gasteiger partial charge in [0.2, 0.25) is 11.8 Å². The molecule has 0 N–H and O–H groups in total. The lowest BCUT2D eigenvalue weighted by molar-refractivity contribution is -0.144. The molecule has 1 saturated heterocycles. The molecule has 0 radical (unpaired) electrons. The van der Waals surface area contributed by atoms with Crippen molar-refractivity contribution in [2.75, 3.05) is 6.54 Å². The summed E-state index contributed by atoms with van der Waals surface area (Å²) in [5.41, 5.74) is 0. The number of nitrogens with zero attached hydrogens (tertiary/aromatic N) is 1. The molecule has 2 unspecified atom stereocenters. The topological polar surface area (TPSA) is 54.5 Å². The minimum absolute atomic E-state index is 0.0370. The summed E-state index contributed by atoms with van der Waals surface area (Å²) in [5, 5.41) is 0. The van der Waals surface area contributed by atoms with E-state index in [0.717, 1.165) is 44.9 Å². The lowest BCUT2D eigenvalue weighted by Crippen LogP contribution is -2.38. The first-order valence-corrected chi connectivity index (χ1v) is 7.06. The molecule has 3 rings (SSSR count). The third-order valence-electron chi connectivity index (χ3n) is 4.81. The first kappa shape index (κ1) is 11.9. The summed E-state index contributed by atoms with van der Waals surface area (Å²) in [7, 11) is 0. The van der Waals surface area contributed by atoms with Crippen molar-refractivity contribution in [2.45, 2.75) is 44.9 Å². The van der Waals surface area contributed by atoms with E-state index in [2.05, 4.69) is 0 Å². The quantitative estimate of drug-likeness (QED) is 0.713. The average Bonchev–Trinajstić information content (AvgIpc) is 3.05. The molecular weight excluding hydrogens is 230 g/mol. The number of hydrogen-bond donors (Lipinski definition) is 0. The Hall–Kier alpha value is -1.19. The van der Waals surface area contributed by atoms with E-state index in [1.54, 1.807) is 0 Å². The van der Waals surface area contributed by atoms with E-state index in [1.165, 1.54) is 4.90 Å². The summed E-state index contributed by atoms with van der Waals surface area (Å²) in [5.74, 6) is -0.231. The molecule has 0 spiro atoms. The molecule has 4 nitrogen and oxygen atoms in total. The van der Waals surface area contributed by atoms with Crippen LogP contribution in [0.5, 0.6) is 0 Å². The molecule has 0 aromatic carbocycles. The highest BCUT2D eigenvalue weighted by Gasteiger charge is 2.50. The maximum Gasteiger partial charge on any atom is 0.233 e. The fourth-order valence-electron chi connectivity index (χ4n) is 3.75. The van der Waals surface area contributed by atoms with Crippen molar-refractivity contribution in [1.29, 1.82) is 0 Å². The van der Waals surface area contributed by atoms with Crippen LogP contribution in [0, 0.1) is 17.8 Å². The third kappa shape index (κ3) is 1.78. The molecule has 18 heavy (non-hydrogen) atoms. The summed E-state index contributed by atoms with van der Waals surface area (Å²) in [4.78, 5) is 37.5. The first-order chi connectivity index (χ1) is 8.68. The highest BCUT2D eigenvalue weighted by Crippen LogP contribution is 2.39. The Morgan fingerprint density at radius 2 is 1.50 bits per heavy atom. The standard InChI is InChI=1S/C14H19NO3/c16-12(9-4-1-2-5-9)8-15-13(17)10-6-3-7-11(10)14(15)18/h9-11H,1-8H2. The molecule has 2 amide bonds. The Labute approximate surface area is 107 Å². The molecule has 1 aliphatic heterocycles. The van der Waals surface area contributed by atoms with Crippen LogP contribution in [0.3, 0.4) is 0 Å². The lowest BCUT2D eigenvalue weighted by Gasteiger charge is -2.17. The van der Waals surface area contributed by atoms with Gasteiger partial charge in [-0.15, -0.1) is 0 Å². The van der Waals surface area contributed by atoms with E-state index in [9.17, 15) is 14.4 Å². The van der Waals surface area contributed by atoms with E-state index >= 15 is 0 Å². The molecule has 2 atom stereocenters. The zero-order chi connectivity index (χ0) is 12.7. The second-order valence-corrected chi connectivity index (χ2v) is 5.85. The van der Waals surface area contributed by atoms with E-state index in [1.807, 2.05) is 0 Å². The number of fused-ring (bicyclic) bond motifs is 1. The van der Waals surface area contributed by atoms with Gasteiger partial charge in [-0.25, -0.2) is 0 Å². The van der Waals surface area contributed by atoms with Gasteiger partial charge in [0.25, 0.3) is 0 Å². The summed E-state index contributed by atoms with van der Waals surface area (Å²) in [6.07, 6.45) is 6.68. The average molecular weight is 249 g/mol. The number of imide groups is 1. The number of Topliss-reactive ketones (excluding diaryl/α,β-unsaturated/α-hetero) is 1.